The van der Waals surface area contributed by atoms with Crippen LogP contribution in [0, 0.1) is 23.3 Å². The molecule has 3 aromatic carbocycles. The number of halogens is 7. The average Bonchev–Trinajstić information content (AvgIpc) is 3.96. The molecule has 1 saturated carbocycles. The number of methoxy groups -OCH3 is 1. The van der Waals surface area contributed by atoms with Crippen molar-refractivity contribution < 1.29 is 58.6 Å². The van der Waals surface area contributed by atoms with E-state index < -0.39 is 80.5 Å². The molecule has 1 heterocycles. The molecule has 1 aliphatic rings. The fraction of sp³-hybridized carbons (Fsp3) is 0.324. The van der Waals surface area contributed by atoms with Crippen molar-refractivity contribution in [2.75, 3.05) is 18.6 Å². The molecule has 0 atom stereocenters. The number of anilines is 1. The zero-order valence-electron chi connectivity index (χ0n) is 29.3. The number of carbonyl (C=O) groups is 2. The van der Waals surface area contributed by atoms with Crippen LogP contribution in [0.4, 0.5) is 36.4 Å². The van der Waals surface area contributed by atoms with E-state index in [0.717, 1.165) is 47.2 Å². The zero-order valence-corrected chi connectivity index (χ0v) is 30.1. The monoisotopic (exact) mass is 781 g/mol. The van der Waals surface area contributed by atoms with Gasteiger partial charge >= 0.3 is 12.1 Å². The summed E-state index contributed by atoms with van der Waals surface area (Å²) in [5.74, 6) is -11.8. The minimum Gasteiger partial charge on any atom is -0.495 e. The van der Waals surface area contributed by atoms with E-state index >= 15 is 4.39 Å². The van der Waals surface area contributed by atoms with Gasteiger partial charge in [0, 0.05) is 25.0 Å². The number of pyridine rings is 1. The van der Waals surface area contributed by atoms with Crippen molar-refractivity contribution in [1.82, 2.24) is 9.29 Å². The molecule has 54 heavy (non-hydrogen) atoms. The van der Waals surface area contributed by atoms with Crippen LogP contribution in [0.25, 0.3) is 0 Å². The number of carbonyl (C=O) groups excluding carboxylic acids is 1. The highest BCUT2D eigenvalue weighted by atomic mass is 32.2. The summed E-state index contributed by atoms with van der Waals surface area (Å²) in [4.78, 5) is 29.1. The van der Waals surface area contributed by atoms with Crippen molar-refractivity contribution in [3.63, 3.8) is 0 Å². The Bertz CT molecular complexity index is 2220. The predicted molar refractivity (Wildman–Crippen MR) is 181 cm³/mol. The minimum atomic E-state index is -5.65. The first-order valence-electron chi connectivity index (χ1n) is 16.3. The lowest BCUT2D eigenvalue weighted by atomic mass is 9.84. The van der Waals surface area contributed by atoms with Gasteiger partial charge in [-0.15, -0.1) is 0 Å². The number of alkyl halides is 3. The van der Waals surface area contributed by atoms with Crippen molar-refractivity contribution in [3.8, 4) is 5.75 Å². The first-order valence-corrected chi connectivity index (χ1v) is 17.8. The van der Waals surface area contributed by atoms with Gasteiger partial charge in [0.15, 0.2) is 23.3 Å². The van der Waals surface area contributed by atoms with E-state index in [2.05, 4.69) is 4.98 Å². The summed E-state index contributed by atoms with van der Waals surface area (Å²) in [7, 11) is -4.47. The van der Waals surface area contributed by atoms with Gasteiger partial charge in [0.25, 0.3) is 0 Å². The number of aromatic nitrogens is 1. The van der Waals surface area contributed by atoms with Crippen molar-refractivity contribution in [1.29, 1.82) is 0 Å². The van der Waals surface area contributed by atoms with Gasteiger partial charge in [-0.2, -0.15) is 17.5 Å². The second-order valence-corrected chi connectivity index (χ2v) is 15.7. The van der Waals surface area contributed by atoms with Gasteiger partial charge < -0.3 is 14.7 Å². The number of amides is 1. The van der Waals surface area contributed by atoms with Crippen LogP contribution in [0.3, 0.4) is 0 Å². The van der Waals surface area contributed by atoms with Crippen LogP contribution in [0.15, 0.2) is 65.8 Å². The molecule has 0 unspecified atom stereocenters. The van der Waals surface area contributed by atoms with Crippen LogP contribution in [-0.4, -0.2) is 48.3 Å². The third-order valence-electron chi connectivity index (χ3n) is 8.84. The van der Waals surface area contributed by atoms with Gasteiger partial charge in [-0.1, -0.05) is 39.0 Å². The summed E-state index contributed by atoms with van der Waals surface area (Å²) >= 11 is 0. The lowest BCUT2D eigenvalue weighted by molar-refractivity contribution is -0.138. The van der Waals surface area contributed by atoms with E-state index in [4.69, 9.17) is 4.74 Å². The smallest absolute Gasteiger partial charge is 0.416 e. The molecule has 0 radical (unpaired) electrons. The maximum atomic E-state index is 15.1. The van der Waals surface area contributed by atoms with Gasteiger partial charge in [-0.3, -0.25) is 9.78 Å². The molecule has 1 N–H and O–H groups in total. The quantitative estimate of drug-likeness (QED) is 0.0881. The molecular weight excluding hydrogens is 747 g/mol. The maximum absolute atomic E-state index is 15.1. The standard InChI is InChI=1S/C37H34F7N3O6S/c1-36(2,3)25-12-20(11-23(13-25)21-5-6-21)17-47(28-8-7-22(35(49)50)14-29(28)53-4)31(48)19-46(18-24-16-45-10-9-26(24)37(42,43)44)54(51,52)30-15-27(38)32(39)34(41)33(30)40/h7-16,21H,5-6,17-19H2,1-4H3,(H,49,50). The van der Waals surface area contributed by atoms with Crippen LogP contribution >= 0.6 is 0 Å². The number of aromatic carboxylic acids is 1. The van der Waals surface area contributed by atoms with Crippen molar-refractivity contribution in [2.24, 2.45) is 0 Å². The van der Waals surface area contributed by atoms with Crippen LogP contribution in [-0.2, 0) is 39.5 Å². The van der Waals surface area contributed by atoms with E-state index in [1.54, 1.807) is 0 Å². The van der Waals surface area contributed by atoms with Gasteiger partial charge in [0.2, 0.25) is 15.9 Å². The third-order valence-corrected chi connectivity index (χ3v) is 10.6. The zero-order chi connectivity index (χ0) is 39.9. The Morgan fingerprint density at radius 3 is 2.20 bits per heavy atom. The highest BCUT2D eigenvalue weighted by molar-refractivity contribution is 7.89. The van der Waals surface area contributed by atoms with Gasteiger partial charge in [0.05, 0.1) is 37.0 Å². The number of sulfonamides is 1. The first kappa shape index (κ1) is 40.2. The first-order chi connectivity index (χ1) is 25.1. The maximum Gasteiger partial charge on any atom is 0.416 e. The van der Waals surface area contributed by atoms with Gasteiger partial charge in [0.1, 0.15) is 10.6 Å². The van der Waals surface area contributed by atoms with Crippen molar-refractivity contribution >= 4 is 27.6 Å². The highest BCUT2D eigenvalue weighted by Crippen LogP contribution is 2.42. The summed E-state index contributed by atoms with van der Waals surface area (Å²) < 4.78 is 133. The highest BCUT2D eigenvalue weighted by Gasteiger charge is 2.39. The Morgan fingerprint density at radius 1 is 0.926 bits per heavy atom. The molecule has 0 spiro atoms. The third kappa shape index (κ3) is 8.51. The second kappa shape index (κ2) is 15.0. The topological polar surface area (TPSA) is 117 Å². The van der Waals surface area contributed by atoms with Crippen LogP contribution in [0.2, 0.25) is 0 Å². The second-order valence-electron chi connectivity index (χ2n) is 13.8. The van der Waals surface area contributed by atoms with Gasteiger partial charge in [-0.25, -0.2) is 30.8 Å². The average molecular weight is 782 g/mol. The molecule has 4 aromatic rings. The van der Waals surface area contributed by atoms with Crippen molar-refractivity contribution in [2.45, 2.75) is 69.1 Å². The molecule has 0 saturated heterocycles. The summed E-state index contributed by atoms with van der Waals surface area (Å²) in [6.45, 7) is 2.91. The number of rotatable bonds is 12. The number of ether oxygens (including phenoxy) is 1. The van der Waals surface area contributed by atoms with E-state index in [9.17, 15) is 49.5 Å². The summed E-state index contributed by atoms with van der Waals surface area (Å²) in [6, 6.07) is 9.47. The number of carboxylic acids is 1. The number of hydrogen-bond donors (Lipinski definition) is 1. The Hall–Kier alpha value is -5.03. The predicted octanol–water partition coefficient (Wildman–Crippen LogP) is 7.96. The van der Waals surface area contributed by atoms with Crippen LogP contribution in [0.5, 0.6) is 5.75 Å². The summed E-state index contributed by atoms with van der Waals surface area (Å²) in [6.07, 6.45) is -1.80. The molecule has 5 rings (SSSR count). The molecule has 9 nitrogen and oxygen atoms in total. The fourth-order valence-electron chi connectivity index (χ4n) is 5.78. The number of hydrogen-bond acceptors (Lipinski definition) is 6. The van der Waals surface area contributed by atoms with Crippen LogP contribution in [0.1, 0.15) is 77.7 Å². The molecule has 0 aliphatic heterocycles. The molecular formula is C37H34F7N3O6S. The van der Waals surface area contributed by atoms with E-state index in [0.29, 0.717) is 17.8 Å². The molecule has 17 heteroatoms. The summed E-state index contributed by atoms with van der Waals surface area (Å²) in [5, 5.41) is 9.59. The molecule has 0 bridgehead atoms. The van der Waals surface area contributed by atoms with Crippen molar-refractivity contribution in [3.05, 3.63) is 118 Å². The Morgan fingerprint density at radius 2 is 1.61 bits per heavy atom. The van der Waals surface area contributed by atoms with E-state index in [1.807, 2.05) is 39.0 Å². The SMILES string of the molecule is COc1cc(C(=O)O)ccc1N(Cc1cc(C2CC2)cc(C(C)(C)C)c1)C(=O)CN(Cc1cnccc1C(F)(F)F)S(=O)(=O)c1cc(F)c(F)c(F)c1F. The van der Waals surface area contributed by atoms with Crippen LogP contribution < -0.4 is 9.64 Å². The molecule has 1 fully saturated rings. The largest absolute Gasteiger partial charge is 0.495 e. The Kier molecular flexibility index (Phi) is 11.2. The molecule has 1 aliphatic carbocycles. The van der Waals surface area contributed by atoms with Gasteiger partial charge in [-0.05, 0) is 70.7 Å². The summed E-state index contributed by atoms with van der Waals surface area (Å²) in [5.41, 5.74) is -0.497. The Balaban J connectivity index is 1.68. The minimum absolute atomic E-state index is 0.0586. The van der Waals surface area contributed by atoms with E-state index in [-0.39, 0.29) is 45.2 Å². The normalized spacial score (nSPS) is 13.6. The molecule has 1 aromatic heterocycles. The molecule has 1 amide bonds. The Labute approximate surface area is 306 Å². The number of carboxylic acid groups (broad SMARTS) is 1. The van der Waals surface area contributed by atoms with E-state index in [1.165, 1.54) is 13.2 Å². The fourth-order valence-corrected chi connectivity index (χ4v) is 7.21. The molecule has 288 valence electrons. The lowest BCUT2D eigenvalue weighted by Crippen LogP contribution is -2.43. The number of nitrogens with zero attached hydrogens (tertiary/aromatic N) is 3. The number of benzene rings is 3. The lowest BCUT2D eigenvalue weighted by Gasteiger charge is -2.30.